The van der Waals surface area contributed by atoms with Crippen molar-refractivity contribution >= 4 is 34.4 Å². The van der Waals surface area contributed by atoms with Crippen LogP contribution in [0.2, 0.25) is 0 Å². The Labute approximate surface area is 139 Å². The summed E-state index contributed by atoms with van der Waals surface area (Å²) in [4.78, 5) is 26.0. The average molecular weight is 400 g/mol. The molecule has 2 amide bonds. The van der Waals surface area contributed by atoms with Crippen LogP contribution < -0.4 is 5.32 Å². The van der Waals surface area contributed by atoms with Crippen molar-refractivity contribution in [2.24, 2.45) is 0 Å². The quantitative estimate of drug-likeness (QED) is 0.791. The molecule has 0 atom stereocenters. The number of nitrogens with one attached hydrogen (secondary N) is 1. The third-order valence-electron chi connectivity index (χ3n) is 3.77. The van der Waals surface area contributed by atoms with Crippen LogP contribution in [0.5, 0.6) is 0 Å². The topological polar surface area (TPSA) is 49.4 Å². The Balaban J connectivity index is 1.85. The zero-order valence-electron chi connectivity index (χ0n) is 12.3. The van der Waals surface area contributed by atoms with Crippen molar-refractivity contribution in [3.63, 3.8) is 0 Å². The summed E-state index contributed by atoms with van der Waals surface area (Å²) >= 11 is 2.18. The van der Waals surface area contributed by atoms with E-state index in [0.29, 0.717) is 6.42 Å². The van der Waals surface area contributed by atoms with E-state index in [2.05, 4.69) is 27.9 Å². The number of carbonyl (C=O) groups is 2. The molecule has 0 unspecified atom stereocenters. The summed E-state index contributed by atoms with van der Waals surface area (Å²) in [7, 11) is 0. The van der Waals surface area contributed by atoms with E-state index in [0.717, 1.165) is 41.5 Å². The van der Waals surface area contributed by atoms with Gasteiger partial charge >= 0.3 is 0 Å². The second-order valence-electron chi connectivity index (χ2n) is 5.36. The van der Waals surface area contributed by atoms with Gasteiger partial charge in [0.25, 0.3) is 5.91 Å². The minimum Gasteiger partial charge on any atom is -0.349 e. The van der Waals surface area contributed by atoms with Crippen LogP contribution in [-0.2, 0) is 4.79 Å². The number of hydrogen-bond acceptors (Lipinski definition) is 2. The lowest BCUT2D eigenvalue weighted by atomic mass is 10.0. The van der Waals surface area contributed by atoms with E-state index in [1.165, 1.54) is 0 Å². The Morgan fingerprint density at radius 2 is 1.95 bits per heavy atom. The third kappa shape index (κ3) is 4.43. The van der Waals surface area contributed by atoms with Crippen molar-refractivity contribution in [1.82, 2.24) is 10.2 Å². The molecule has 1 saturated heterocycles. The summed E-state index contributed by atoms with van der Waals surface area (Å²) in [5, 5.41) is 3.09. The van der Waals surface area contributed by atoms with Crippen LogP contribution >= 0.6 is 22.6 Å². The molecule has 0 saturated carbocycles. The lowest BCUT2D eigenvalue weighted by Crippen LogP contribution is -2.46. The molecule has 0 bridgehead atoms. The number of rotatable bonds is 4. The highest BCUT2D eigenvalue weighted by atomic mass is 127. The summed E-state index contributed by atoms with van der Waals surface area (Å²) in [6, 6.07) is 7.75. The van der Waals surface area contributed by atoms with Gasteiger partial charge in [0.05, 0.1) is 5.56 Å². The standard InChI is InChI=1S/C16H21IN2O2/c1-2-5-15(20)19-10-8-12(9-11-19)18-16(21)13-6-3-4-7-14(13)17/h3-4,6-7,12H,2,5,8-11H2,1H3,(H,18,21). The molecule has 1 N–H and O–H groups in total. The summed E-state index contributed by atoms with van der Waals surface area (Å²) < 4.78 is 0.961. The van der Waals surface area contributed by atoms with Crippen LogP contribution in [0, 0.1) is 3.57 Å². The molecule has 2 rings (SSSR count). The van der Waals surface area contributed by atoms with E-state index in [-0.39, 0.29) is 17.9 Å². The maximum absolute atomic E-state index is 12.3. The van der Waals surface area contributed by atoms with E-state index >= 15 is 0 Å². The molecule has 5 heteroatoms. The highest BCUT2D eigenvalue weighted by molar-refractivity contribution is 14.1. The fourth-order valence-electron chi connectivity index (χ4n) is 2.55. The zero-order chi connectivity index (χ0) is 15.2. The minimum absolute atomic E-state index is 0.0154. The summed E-state index contributed by atoms with van der Waals surface area (Å²) in [6.45, 7) is 3.51. The van der Waals surface area contributed by atoms with E-state index in [9.17, 15) is 9.59 Å². The molecule has 0 aromatic heterocycles. The molecule has 0 aliphatic carbocycles. The smallest absolute Gasteiger partial charge is 0.252 e. The Morgan fingerprint density at radius 1 is 1.29 bits per heavy atom. The molecule has 1 aliphatic rings. The predicted octanol–water partition coefficient (Wildman–Crippen LogP) is 2.81. The second-order valence-corrected chi connectivity index (χ2v) is 6.52. The molecule has 1 aromatic carbocycles. The van der Waals surface area contributed by atoms with Crippen LogP contribution in [0.1, 0.15) is 43.0 Å². The lowest BCUT2D eigenvalue weighted by molar-refractivity contribution is -0.132. The molecule has 0 radical (unpaired) electrons. The number of carbonyl (C=O) groups excluding carboxylic acids is 2. The van der Waals surface area contributed by atoms with Gasteiger partial charge in [-0.1, -0.05) is 19.1 Å². The first-order valence-corrected chi connectivity index (χ1v) is 8.53. The van der Waals surface area contributed by atoms with Gasteiger partial charge in [-0.25, -0.2) is 0 Å². The van der Waals surface area contributed by atoms with E-state index in [4.69, 9.17) is 0 Å². The van der Waals surface area contributed by atoms with Gasteiger partial charge in [0.2, 0.25) is 5.91 Å². The van der Waals surface area contributed by atoms with Crippen molar-refractivity contribution in [3.05, 3.63) is 33.4 Å². The Morgan fingerprint density at radius 3 is 2.57 bits per heavy atom. The molecule has 114 valence electrons. The van der Waals surface area contributed by atoms with Crippen LogP contribution in [0.15, 0.2) is 24.3 Å². The third-order valence-corrected chi connectivity index (χ3v) is 4.71. The van der Waals surface area contributed by atoms with Crippen LogP contribution in [0.25, 0.3) is 0 Å². The number of nitrogens with zero attached hydrogens (tertiary/aromatic N) is 1. The van der Waals surface area contributed by atoms with Gasteiger partial charge in [-0.05, 0) is 54.0 Å². The lowest BCUT2D eigenvalue weighted by Gasteiger charge is -2.32. The first-order valence-electron chi connectivity index (χ1n) is 7.45. The van der Waals surface area contributed by atoms with E-state index in [1.807, 2.05) is 36.1 Å². The van der Waals surface area contributed by atoms with Gasteiger partial charge in [-0.2, -0.15) is 0 Å². The summed E-state index contributed by atoms with van der Waals surface area (Å²) in [6.07, 6.45) is 3.19. The van der Waals surface area contributed by atoms with E-state index < -0.39 is 0 Å². The largest absolute Gasteiger partial charge is 0.349 e. The number of amides is 2. The van der Waals surface area contributed by atoms with Crippen molar-refractivity contribution in [2.45, 2.75) is 38.6 Å². The summed E-state index contributed by atoms with van der Waals surface area (Å²) in [5.74, 6) is 0.221. The highest BCUT2D eigenvalue weighted by Crippen LogP contribution is 2.15. The Bertz CT molecular complexity index is 511. The van der Waals surface area contributed by atoms with Crippen LogP contribution in [0.4, 0.5) is 0 Å². The monoisotopic (exact) mass is 400 g/mol. The zero-order valence-corrected chi connectivity index (χ0v) is 14.4. The maximum atomic E-state index is 12.3. The molecule has 1 aromatic rings. The number of halogens is 1. The van der Waals surface area contributed by atoms with Crippen LogP contribution in [0.3, 0.4) is 0 Å². The predicted molar refractivity (Wildman–Crippen MR) is 91.1 cm³/mol. The van der Waals surface area contributed by atoms with Gasteiger partial charge < -0.3 is 10.2 Å². The van der Waals surface area contributed by atoms with Crippen molar-refractivity contribution in [3.8, 4) is 0 Å². The highest BCUT2D eigenvalue weighted by Gasteiger charge is 2.23. The van der Waals surface area contributed by atoms with Crippen LogP contribution in [-0.4, -0.2) is 35.8 Å². The number of likely N-dealkylation sites (tertiary alicyclic amines) is 1. The number of piperidine rings is 1. The molecule has 4 nitrogen and oxygen atoms in total. The number of hydrogen-bond donors (Lipinski definition) is 1. The molecule has 0 spiro atoms. The molecule has 1 aliphatic heterocycles. The average Bonchev–Trinajstić information content (AvgIpc) is 2.48. The van der Waals surface area contributed by atoms with Gasteiger partial charge in [-0.15, -0.1) is 0 Å². The first-order chi connectivity index (χ1) is 10.1. The Kier molecular flexibility index (Phi) is 6.02. The molecule has 1 fully saturated rings. The second kappa shape index (κ2) is 7.77. The Hall–Kier alpha value is -1.11. The SMILES string of the molecule is CCCC(=O)N1CCC(NC(=O)c2ccccc2I)CC1. The van der Waals surface area contributed by atoms with Gasteiger partial charge in [-0.3, -0.25) is 9.59 Å². The normalized spacial score (nSPS) is 15.8. The molecular formula is C16H21IN2O2. The van der Waals surface area contributed by atoms with E-state index in [1.54, 1.807) is 0 Å². The van der Waals surface area contributed by atoms with Gasteiger partial charge in [0.15, 0.2) is 0 Å². The van der Waals surface area contributed by atoms with Gasteiger partial charge in [0, 0.05) is 29.1 Å². The fourth-order valence-corrected chi connectivity index (χ4v) is 3.19. The van der Waals surface area contributed by atoms with Crippen molar-refractivity contribution in [2.75, 3.05) is 13.1 Å². The molecule has 21 heavy (non-hydrogen) atoms. The fraction of sp³-hybridized carbons (Fsp3) is 0.500. The number of benzene rings is 1. The molecule has 1 heterocycles. The van der Waals surface area contributed by atoms with Crippen molar-refractivity contribution in [1.29, 1.82) is 0 Å². The molecular weight excluding hydrogens is 379 g/mol. The maximum Gasteiger partial charge on any atom is 0.252 e. The summed E-state index contributed by atoms with van der Waals surface area (Å²) in [5.41, 5.74) is 0.725. The minimum atomic E-state index is -0.0154. The van der Waals surface area contributed by atoms with Crippen molar-refractivity contribution < 1.29 is 9.59 Å². The first kappa shape index (κ1) is 16.3. The van der Waals surface area contributed by atoms with Gasteiger partial charge in [0.1, 0.15) is 0 Å².